The van der Waals surface area contributed by atoms with Crippen LogP contribution in [0.15, 0.2) is 30.5 Å². The van der Waals surface area contributed by atoms with E-state index in [0.29, 0.717) is 5.56 Å². The fourth-order valence-electron chi connectivity index (χ4n) is 1.81. The zero-order valence-corrected chi connectivity index (χ0v) is 10.6. The lowest BCUT2D eigenvalue weighted by Crippen LogP contribution is -2.34. The van der Waals surface area contributed by atoms with Gasteiger partial charge in [-0.15, -0.1) is 0 Å². The molecule has 0 aliphatic rings. The minimum Gasteiger partial charge on any atom is -0.391 e. The number of aromatic nitrogens is 1. The average Bonchev–Trinajstić information content (AvgIpc) is 2.83. The minimum absolute atomic E-state index is 0.133. The summed E-state index contributed by atoms with van der Waals surface area (Å²) < 4.78 is 0. The van der Waals surface area contributed by atoms with Gasteiger partial charge in [-0.2, -0.15) is 0 Å². The maximum atomic E-state index is 12.0. The molecule has 1 heterocycles. The summed E-state index contributed by atoms with van der Waals surface area (Å²) in [5, 5.41) is 13.3. The Morgan fingerprint density at radius 2 is 2.17 bits per heavy atom. The molecule has 0 spiro atoms. The number of aromatic amines is 1. The molecule has 1 amide bonds. The Morgan fingerprint density at radius 3 is 2.89 bits per heavy atom. The number of hydrogen-bond donors (Lipinski definition) is 3. The van der Waals surface area contributed by atoms with Crippen LogP contribution in [0.3, 0.4) is 0 Å². The summed E-state index contributed by atoms with van der Waals surface area (Å²) in [5.74, 6) is -0.0201. The fraction of sp³-hybridized carbons (Fsp3) is 0.357. The Kier molecular flexibility index (Phi) is 3.67. The van der Waals surface area contributed by atoms with Crippen molar-refractivity contribution in [3.8, 4) is 0 Å². The number of nitrogens with one attached hydrogen (secondary N) is 2. The fourth-order valence-corrected chi connectivity index (χ4v) is 1.81. The van der Waals surface area contributed by atoms with Crippen LogP contribution in [0.1, 0.15) is 24.2 Å². The molecule has 3 N–H and O–H groups in total. The maximum absolute atomic E-state index is 12.0. The van der Waals surface area contributed by atoms with Gasteiger partial charge < -0.3 is 15.4 Å². The van der Waals surface area contributed by atoms with E-state index in [9.17, 15) is 9.90 Å². The summed E-state index contributed by atoms with van der Waals surface area (Å²) in [4.78, 5) is 15.1. The Morgan fingerprint density at radius 1 is 1.39 bits per heavy atom. The largest absolute Gasteiger partial charge is 0.391 e. The molecular formula is C14H18N2O2. The highest BCUT2D eigenvalue weighted by Crippen LogP contribution is 2.17. The van der Waals surface area contributed by atoms with Gasteiger partial charge in [0.05, 0.1) is 6.10 Å². The first-order valence-electron chi connectivity index (χ1n) is 6.12. The molecule has 1 aromatic carbocycles. The van der Waals surface area contributed by atoms with Crippen molar-refractivity contribution < 1.29 is 9.90 Å². The highest BCUT2D eigenvalue weighted by molar-refractivity contribution is 6.06. The molecule has 18 heavy (non-hydrogen) atoms. The van der Waals surface area contributed by atoms with Crippen molar-refractivity contribution in [1.82, 2.24) is 10.3 Å². The van der Waals surface area contributed by atoms with Crippen molar-refractivity contribution in [2.75, 3.05) is 6.54 Å². The topological polar surface area (TPSA) is 65.1 Å². The number of rotatable bonds is 4. The average molecular weight is 246 g/mol. The number of aliphatic hydroxyl groups is 1. The summed E-state index contributed by atoms with van der Waals surface area (Å²) in [5.41, 5.74) is 1.57. The van der Waals surface area contributed by atoms with Crippen LogP contribution in [0.5, 0.6) is 0 Å². The number of hydrogen-bond acceptors (Lipinski definition) is 2. The van der Waals surface area contributed by atoms with E-state index in [0.717, 1.165) is 10.9 Å². The van der Waals surface area contributed by atoms with Crippen LogP contribution in [-0.2, 0) is 0 Å². The lowest BCUT2D eigenvalue weighted by molar-refractivity contribution is 0.0873. The molecule has 96 valence electrons. The molecule has 0 bridgehead atoms. The van der Waals surface area contributed by atoms with E-state index < -0.39 is 6.10 Å². The second-order valence-electron chi connectivity index (χ2n) is 4.77. The van der Waals surface area contributed by atoms with Gasteiger partial charge in [0.25, 0.3) is 5.91 Å². The normalized spacial score (nSPS) is 12.9. The highest BCUT2D eigenvalue weighted by Gasteiger charge is 2.13. The van der Waals surface area contributed by atoms with Gasteiger partial charge >= 0.3 is 0 Å². The summed E-state index contributed by atoms with van der Waals surface area (Å²) in [6.07, 6.45) is 1.30. The predicted octanol–water partition coefficient (Wildman–Crippen LogP) is 1.91. The van der Waals surface area contributed by atoms with Crippen LogP contribution >= 0.6 is 0 Å². The van der Waals surface area contributed by atoms with E-state index in [4.69, 9.17) is 0 Å². The Labute approximate surface area is 106 Å². The van der Waals surface area contributed by atoms with E-state index in [2.05, 4.69) is 10.3 Å². The molecule has 2 aromatic rings. The smallest absolute Gasteiger partial charge is 0.252 e. The monoisotopic (exact) mass is 246 g/mol. The number of fused-ring (bicyclic) bond motifs is 1. The van der Waals surface area contributed by atoms with E-state index in [1.54, 1.807) is 6.07 Å². The van der Waals surface area contributed by atoms with Crippen molar-refractivity contribution >= 4 is 16.8 Å². The minimum atomic E-state index is -0.514. The molecule has 0 radical (unpaired) electrons. The van der Waals surface area contributed by atoms with Crippen LogP contribution in [0.2, 0.25) is 0 Å². The third-order valence-corrected chi connectivity index (χ3v) is 3.08. The number of aliphatic hydroxyl groups excluding tert-OH is 1. The molecule has 4 nitrogen and oxygen atoms in total. The summed E-state index contributed by atoms with van der Waals surface area (Å²) >= 11 is 0. The maximum Gasteiger partial charge on any atom is 0.252 e. The molecule has 1 unspecified atom stereocenters. The van der Waals surface area contributed by atoms with E-state index >= 15 is 0 Å². The molecule has 2 rings (SSSR count). The predicted molar refractivity (Wildman–Crippen MR) is 71.5 cm³/mol. The number of H-pyrrole nitrogens is 1. The first-order chi connectivity index (χ1) is 8.59. The quantitative estimate of drug-likeness (QED) is 0.771. The Balaban J connectivity index is 2.12. The molecule has 0 aliphatic carbocycles. The van der Waals surface area contributed by atoms with Crippen LogP contribution in [0.4, 0.5) is 0 Å². The molecule has 0 aliphatic heterocycles. The van der Waals surface area contributed by atoms with Gasteiger partial charge in [-0.25, -0.2) is 0 Å². The van der Waals surface area contributed by atoms with Crippen LogP contribution in [0, 0.1) is 5.92 Å². The lowest BCUT2D eigenvalue weighted by Gasteiger charge is -2.15. The molecule has 1 atom stereocenters. The van der Waals surface area contributed by atoms with Crippen LogP contribution in [0.25, 0.3) is 10.9 Å². The van der Waals surface area contributed by atoms with E-state index in [1.165, 1.54) is 0 Å². The molecule has 0 fully saturated rings. The van der Waals surface area contributed by atoms with Crippen molar-refractivity contribution in [3.05, 3.63) is 36.0 Å². The summed E-state index contributed by atoms with van der Waals surface area (Å²) in [6.45, 7) is 4.12. The first-order valence-corrected chi connectivity index (χ1v) is 6.12. The second-order valence-corrected chi connectivity index (χ2v) is 4.77. The van der Waals surface area contributed by atoms with Gasteiger partial charge in [0, 0.05) is 29.2 Å². The molecule has 1 aromatic heterocycles. The Bertz CT molecular complexity index is 545. The van der Waals surface area contributed by atoms with Gasteiger partial charge in [0.15, 0.2) is 0 Å². The van der Waals surface area contributed by atoms with Gasteiger partial charge in [-0.1, -0.05) is 19.9 Å². The lowest BCUT2D eigenvalue weighted by atomic mass is 10.1. The standard InChI is InChI=1S/C14H18N2O2/c1-9(2)13(17)8-16-14(18)11-4-3-5-12-10(11)6-7-15-12/h3-7,9,13,15,17H,8H2,1-2H3,(H,16,18). The number of carbonyl (C=O) groups is 1. The van der Waals surface area contributed by atoms with Crippen molar-refractivity contribution in [1.29, 1.82) is 0 Å². The Hall–Kier alpha value is -1.81. The van der Waals surface area contributed by atoms with Crippen LogP contribution in [-0.4, -0.2) is 28.6 Å². The SMILES string of the molecule is CC(C)C(O)CNC(=O)c1cccc2[nH]ccc12. The first kappa shape index (κ1) is 12.6. The van der Waals surface area contributed by atoms with Crippen molar-refractivity contribution in [2.24, 2.45) is 5.92 Å². The molecule has 0 saturated carbocycles. The third-order valence-electron chi connectivity index (χ3n) is 3.08. The highest BCUT2D eigenvalue weighted by atomic mass is 16.3. The van der Waals surface area contributed by atoms with Crippen LogP contribution < -0.4 is 5.32 Å². The van der Waals surface area contributed by atoms with E-state index in [1.807, 2.05) is 38.2 Å². The van der Waals surface area contributed by atoms with Gasteiger partial charge in [0.2, 0.25) is 0 Å². The molecule has 0 saturated heterocycles. The number of carbonyl (C=O) groups excluding carboxylic acids is 1. The summed E-state index contributed by atoms with van der Waals surface area (Å²) in [6, 6.07) is 7.43. The third kappa shape index (κ3) is 2.54. The van der Waals surface area contributed by atoms with E-state index in [-0.39, 0.29) is 18.4 Å². The summed E-state index contributed by atoms with van der Waals surface area (Å²) in [7, 11) is 0. The molecular weight excluding hydrogens is 228 g/mol. The number of amides is 1. The zero-order chi connectivity index (χ0) is 13.1. The zero-order valence-electron chi connectivity index (χ0n) is 10.6. The van der Waals surface area contributed by atoms with Crippen molar-refractivity contribution in [2.45, 2.75) is 20.0 Å². The van der Waals surface area contributed by atoms with Crippen molar-refractivity contribution in [3.63, 3.8) is 0 Å². The molecule has 4 heteroatoms. The van der Waals surface area contributed by atoms with Gasteiger partial charge in [0.1, 0.15) is 0 Å². The van der Waals surface area contributed by atoms with Gasteiger partial charge in [-0.3, -0.25) is 4.79 Å². The van der Waals surface area contributed by atoms with Gasteiger partial charge in [-0.05, 0) is 24.1 Å². The number of benzene rings is 1. The second kappa shape index (κ2) is 5.23.